The monoisotopic (exact) mass is 428 g/mol. The van der Waals surface area contributed by atoms with Crippen molar-refractivity contribution >= 4 is 23.6 Å². The quantitative estimate of drug-likeness (QED) is 0.743. The maximum absolute atomic E-state index is 13.3. The Kier molecular flexibility index (Phi) is 7.30. The van der Waals surface area contributed by atoms with E-state index in [1.54, 1.807) is 23.1 Å². The van der Waals surface area contributed by atoms with E-state index in [2.05, 4.69) is 5.32 Å². The standard InChI is InChI=1S/C23H32N4O4/c1-15(2)27-19(10-11-20(27)28)23(31)26-12-5-3-4-9-18(14-26)25-22(30)17-8-6-7-16(13-17)21(24)29/h6-8,13,15,18-19H,3-5,9-12,14H2,1-2H3,(H2,24,29)(H,25,30)/t18?,19-/m0/s1. The highest BCUT2D eigenvalue weighted by molar-refractivity contribution is 5.99. The molecule has 3 N–H and O–H groups in total. The summed E-state index contributed by atoms with van der Waals surface area (Å²) in [6, 6.07) is 5.67. The van der Waals surface area contributed by atoms with E-state index < -0.39 is 11.9 Å². The Balaban J connectivity index is 1.71. The smallest absolute Gasteiger partial charge is 0.251 e. The summed E-state index contributed by atoms with van der Waals surface area (Å²) in [7, 11) is 0. The van der Waals surface area contributed by atoms with Crippen molar-refractivity contribution < 1.29 is 19.2 Å². The molecule has 168 valence electrons. The van der Waals surface area contributed by atoms with Gasteiger partial charge in [-0.15, -0.1) is 0 Å². The fourth-order valence-corrected chi connectivity index (χ4v) is 4.52. The first kappa shape index (κ1) is 22.8. The molecule has 0 radical (unpaired) electrons. The lowest BCUT2D eigenvalue weighted by atomic mass is 10.0. The number of primary amides is 1. The number of hydrogen-bond donors (Lipinski definition) is 2. The van der Waals surface area contributed by atoms with Crippen LogP contribution < -0.4 is 11.1 Å². The van der Waals surface area contributed by atoms with Crippen molar-refractivity contribution in [1.82, 2.24) is 15.1 Å². The predicted octanol–water partition coefficient (Wildman–Crippen LogP) is 1.69. The molecule has 1 unspecified atom stereocenters. The second-order valence-corrected chi connectivity index (χ2v) is 8.70. The number of carbonyl (C=O) groups is 4. The SMILES string of the molecule is CC(C)N1C(=O)CC[C@H]1C(=O)N1CCCCCC(NC(=O)c2cccc(C(N)=O)c2)C1. The second-order valence-electron chi connectivity index (χ2n) is 8.70. The van der Waals surface area contributed by atoms with Gasteiger partial charge in [-0.05, 0) is 51.3 Å². The zero-order valence-electron chi connectivity index (χ0n) is 18.3. The molecule has 1 aromatic rings. The Bertz CT molecular complexity index is 854. The fourth-order valence-electron chi connectivity index (χ4n) is 4.52. The van der Waals surface area contributed by atoms with Gasteiger partial charge in [0.25, 0.3) is 5.91 Å². The summed E-state index contributed by atoms with van der Waals surface area (Å²) < 4.78 is 0. The first-order valence-corrected chi connectivity index (χ1v) is 11.1. The van der Waals surface area contributed by atoms with Gasteiger partial charge in [-0.1, -0.05) is 18.9 Å². The van der Waals surface area contributed by atoms with Crippen LogP contribution in [0.2, 0.25) is 0 Å². The van der Waals surface area contributed by atoms with E-state index in [0.717, 1.165) is 25.7 Å². The van der Waals surface area contributed by atoms with Crippen molar-refractivity contribution in [2.45, 2.75) is 70.5 Å². The van der Waals surface area contributed by atoms with Crippen LogP contribution in [0.1, 0.15) is 73.1 Å². The lowest BCUT2D eigenvalue weighted by Gasteiger charge is -2.35. The van der Waals surface area contributed by atoms with Gasteiger partial charge in [-0.3, -0.25) is 19.2 Å². The molecule has 2 saturated heterocycles. The van der Waals surface area contributed by atoms with Gasteiger partial charge in [-0.2, -0.15) is 0 Å². The highest BCUT2D eigenvalue weighted by Gasteiger charge is 2.40. The van der Waals surface area contributed by atoms with E-state index in [9.17, 15) is 19.2 Å². The Morgan fingerprint density at radius 1 is 1.10 bits per heavy atom. The van der Waals surface area contributed by atoms with Gasteiger partial charge in [0.15, 0.2) is 0 Å². The molecule has 0 spiro atoms. The van der Waals surface area contributed by atoms with Crippen molar-refractivity contribution in [3.63, 3.8) is 0 Å². The minimum Gasteiger partial charge on any atom is -0.366 e. The summed E-state index contributed by atoms with van der Waals surface area (Å²) in [6.45, 7) is 4.90. The molecule has 2 heterocycles. The molecule has 0 bridgehead atoms. The van der Waals surface area contributed by atoms with E-state index in [1.807, 2.05) is 18.7 Å². The van der Waals surface area contributed by atoms with E-state index in [-0.39, 0.29) is 35.4 Å². The Morgan fingerprint density at radius 2 is 1.84 bits per heavy atom. The third kappa shape index (κ3) is 5.42. The van der Waals surface area contributed by atoms with Gasteiger partial charge in [0.1, 0.15) is 6.04 Å². The first-order chi connectivity index (χ1) is 14.8. The van der Waals surface area contributed by atoms with Gasteiger partial charge in [0, 0.05) is 42.7 Å². The molecule has 4 amide bonds. The number of carbonyl (C=O) groups excluding carboxylic acids is 4. The molecule has 0 aliphatic carbocycles. The van der Waals surface area contributed by atoms with Crippen molar-refractivity contribution in [1.29, 1.82) is 0 Å². The molecular formula is C23H32N4O4. The van der Waals surface area contributed by atoms with Crippen LogP contribution in [0.4, 0.5) is 0 Å². The van der Waals surface area contributed by atoms with Crippen LogP contribution in [0.5, 0.6) is 0 Å². The molecule has 2 fully saturated rings. The molecule has 2 aliphatic rings. The Hall–Kier alpha value is -2.90. The summed E-state index contributed by atoms with van der Waals surface area (Å²) in [4.78, 5) is 53.3. The Labute approximate surface area is 183 Å². The number of nitrogens with one attached hydrogen (secondary N) is 1. The first-order valence-electron chi connectivity index (χ1n) is 11.1. The van der Waals surface area contributed by atoms with E-state index >= 15 is 0 Å². The van der Waals surface area contributed by atoms with Gasteiger partial charge < -0.3 is 20.9 Å². The topological polar surface area (TPSA) is 113 Å². The molecule has 3 rings (SSSR count). The van der Waals surface area contributed by atoms with Crippen molar-refractivity contribution in [2.24, 2.45) is 5.73 Å². The summed E-state index contributed by atoms with van der Waals surface area (Å²) in [5.41, 5.74) is 5.96. The molecule has 8 heteroatoms. The summed E-state index contributed by atoms with van der Waals surface area (Å²) in [5, 5.41) is 3.02. The van der Waals surface area contributed by atoms with Crippen molar-refractivity contribution in [3.8, 4) is 0 Å². The van der Waals surface area contributed by atoms with Crippen LogP contribution in [-0.4, -0.2) is 64.6 Å². The van der Waals surface area contributed by atoms with Crippen LogP contribution in [0.3, 0.4) is 0 Å². The average molecular weight is 429 g/mol. The number of nitrogens with two attached hydrogens (primary N) is 1. The number of rotatable bonds is 5. The highest BCUT2D eigenvalue weighted by atomic mass is 16.2. The second kappa shape index (κ2) is 9.94. The minimum absolute atomic E-state index is 0.0215. The molecule has 1 aromatic carbocycles. The summed E-state index contributed by atoms with van der Waals surface area (Å²) in [6.07, 6.45) is 4.57. The molecule has 8 nitrogen and oxygen atoms in total. The predicted molar refractivity (Wildman–Crippen MR) is 116 cm³/mol. The lowest BCUT2D eigenvalue weighted by molar-refractivity contribution is -0.143. The number of nitrogens with zero attached hydrogens (tertiary/aromatic N) is 2. The number of benzene rings is 1. The van der Waals surface area contributed by atoms with Gasteiger partial charge in [0.2, 0.25) is 17.7 Å². The molecule has 31 heavy (non-hydrogen) atoms. The largest absolute Gasteiger partial charge is 0.366 e. The number of likely N-dealkylation sites (tertiary alicyclic amines) is 2. The third-order valence-corrected chi connectivity index (χ3v) is 6.07. The van der Waals surface area contributed by atoms with Gasteiger partial charge in [-0.25, -0.2) is 0 Å². The zero-order chi connectivity index (χ0) is 22.5. The molecule has 2 atom stereocenters. The highest BCUT2D eigenvalue weighted by Crippen LogP contribution is 2.24. The van der Waals surface area contributed by atoms with E-state index in [1.165, 1.54) is 6.07 Å². The molecular weight excluding hydrogens is 396 g/mol. The van der Waals surface area contributed by atoms with Crippen LogP contribution in [0.25, 0.3) is 0 Å². The normalized spacial score (nSPS) is 22.2. The lowest BCUT2D eigenvalue weighted by Crippen LogP contribution is -2.53. The summed E-state index contributed by atoms with van der Waals surface area (Å²) in [5.74, 6) is -0.880. The maximum atomic E-state index is 13.3. The fraction of sp³-hybridized carbons (Fsp3) is 0.565. The number of amides is 4. The molecule has 2 aliphatic heterocycles. The van der Waals surface area contributed by atoms with Gasteiger partial charge in [0.05, 0.1) is 0 Å². The maximum Gasteiger partial charge on any atom is 0.251 e. The van der Waals surface area contributed by atoms with E-state index in [0.29, 0.717) is 31.5 Å². The van der Waals surface area contributed by atoms with Crippen LogP contribution >= 0.6 is 0 Å². The third-order valence-electron chi connectivity index (χ3n) is 6.07. The average Bonchev–Trinajstić information content (AvgIpc) is 3.11. The van der Waals surface area contributed by atoms with Crippen LogP contribution in [0, 0.1) is 0 Å². The van der Waals surface area contributed by atoms with E-state index in [4.69, 9.17) is 5.73 Å². The van der Waals surface area contributed by atoms with Crippen LogP contribution in [-0.2, 0) is 9.59 Å². The summed E-state index contributed by atoms with van der Waals surface area (Å²) >= 11 is 0. The van der Waals surface area contributed by atoms with Crippen molar-refractivity contribution in [2.75, 3.05) is 13.1 Å². The Morgan fingerprint density at radius 3 is 2.55 bits per heavy atom. The zero-order valence-corrected chi connectivity index (χ0v) is 18.3. The van der Waals surface area contributed by atoms with Crippen LogP contribution in [0.15, 0.2) is 24.3 Å². The van der Waals surface area contributed by atoms with Gasteiger partial charge >= 0.3 is 0 Å². The molecule has 0 aromatic heterocycles. The van der Waals surface area contributed by atoms with Crippen molar-refractivity contribution in [3.05, 3.63) is 35.4 Å². The minimum atomic E-state index is -0.585. The number of hydrogen-bond acceptors (Lipinski definition) is 4. The molecule has 0 saturated carbocycles.